The van der Waals surface area contributed by atoms with Gasteiger partial charge in [-0.05, 0) is 73.2 Å². The molecule has 2 N–H and O–H groups in total. The van der Waals surface area contributed by atoms with Crippen LogP contribution in [0.5, 0.6) is 0 Å². The second-order valence-corrected chi connectivity index (χ2v) is 9.35. The quantitative estimate of drug-likeness (QED) is 0.458. The molecule has 3 aromatic rings. The van der Waals surface area contributed by atoms with Crippen molar-refractivity contribution in [3.05, 3.63) is 83.4 Å². The number of alkyl halides is 2. The molecule has 3 aromatic carbocycles. The van der Waals surface area contributed by atoms with Crippen LogP contribution in [-0.2, 0) is 10.0 Å². The molecule has 0 unspecified atom stereocenters. The number of carbonyl (C=O) groups is 1. The Hall–Kier alpha value is -3.42. The molecule has 0 aromatic heterocycles. The van der Waals surface area contributed by atoms with E-state index in [1.165, 1.54) is 54.6 Å². The van der Waals surface area contributed by atoms with Crippen molar-refractivity contribution in [2.24, 2.45) is 0 Å². The maximum atomic E-state index is 12.9. The van der Waals surface area contributed by atoms with Gasteiger partial charge in [-0.1, -0.05) is 17.8 Å². The van der Waals surface area contributed by atoms with Gasteiger partial charge in [0.05, 0.1) is 16.5 Å². The van der Waals surface area contributed by atoms with Crippen molar-refractivity contribution in [3.8, 4) is 6.07 Å². The number of aryl methyl sites for hydroxylation is 1. The van der Waals surface area contributed by atoms with Crippen LogP contribution in [0, 0.1) is 18.3 Å². The Morgan fingerprint density at radius 3 is 2.22 bits per heavy atom. The van der Waals surface area contributed by atoms with Crippen LogP contribution < -0.4 is 10.0 Å². The fourth-order valence-corrected chi connectivity index (χ4v) is 4.61. The lowest BCUT2D eigenvalue weighted by atomic mass is 10.1. The Labute approximate surface area is 188 Å². The third-order valence-electron chi connectivity index (χ3n) is 4.34. The van der Waals surface area contributed by atoms with E-state index in [4.69, 9.17) is 5.26 Å². The van der Waals surface area contributed by atoms with Crippen LogP contribution in [-0.4, -0.2) is 20.1 Å². The SMILES string of the molecule is Cc1ccc(NC(=O)c2ccc(C#N)cc2)cc1S(=O)(=O)Nc1ccc(SC(F)F)cc1. The van der Waals surface area contributed by atoms with Crippen LogP contribution in [0.3, 0.4) is 0 Å². The first-order valence-corrected chi connectivity index (χ1v) is 11.5. The van der Waals surface area contributed by atoms with E-state index in [-0.39, 0.29) is 16.3 Å². The number of nitrogens with zero attached hydrogens (tertiary/aromatic N) is 1. The number of benzene rings is 3. The highest BCUT2D eigenvalue weighted by atomic mass is 32.2. The molecule has 10 heteroatoms. The molecular formula is C22H17F2N3O3S2. The molecule has 0 bridgehead atoms. The summed E-state index contributed by atoms with van der Waals surface area (Å²) in [5, 5.41) is 11.5. The van der Waals surface area contributed by atoms with Crippen molar-refractivity contribution in [1.29, 1.82) is 5.26 Å². The average Bonchev–Trinajstić information content (AvgIpc) is 2.76. The van der Waals surface area contributed by atoms with Crippen molar-refractivity contribution in [2.75, 3.05) is 10.0 Å². The van der Waals surface area contributed by atoms with Crippen molar-refractivity contribution < 1.29 is 22.0 Å². The van der Waals surface area contributed by atoms with E-state index in [1.54, 1.807) is 19.1 Å². The van der Waals surface area contributed by atoms with Crippen LogP contribution in [0.25, 0.3) is 0 Å². The van der Waals surface area contributed by atoms with Crippen LogP contribution in [0.2, 0.25) is 0 Å². The van der Waals surface area contributed by atoms with Gasteiger partial charge in [0.25, 0.3) is 21.7 Å². The van der Waals surface area contributed by atoms with Crippen LogP contribution >= 0.6 is 11.8 Å². The molecule has 0 heterocycles. The summed E-state index contributed by atoms with van der Waals surface area (Å²) in [7, 11) is -4.00. The average molecular weight is 474 g/mol. The van der Waals surface area contributed by atoms with E-state index in [1.807, 2.05) is 6.07 Å². The van der Waals surface area contributed by atoms with E-state index in [9.17, 15) is 22.0 Å². The summed E-state index contributed by atoms with van der Waals surface area (Å²) < 4.78 is 53.1. The van der Waals surface area contributed by atoms with Crippen molar-refractivity contribution >= 4 is 39.1 Å². The van der Waals surface area contributed by atoms with Gasteiger partial charge in [0.15, 0.2) is 0 Å². The molecule has 1 amide bonds. The van der Waals surface area contributed by atoms with Crippen LogP contribution in [0.1, 0.15) is 21.5 Å². The monoisotopic (exact) mass is 473 g/mol. The first kappa shape index (κ1) is 23.2. The van der Waals surface area contributed by atoms with E-state index in [2.05, 4.69) is 10.0 Å². The zero-order chi connectivity index (χ0) is 23.3. The number of amides is 1. The summed E-state index contributed by atoms with van der Waals surface area (Å²) in [5.74, 6) is -3.02. The maximum absolute atomic E-state index is 12.9. The fraction of sp³-hybridized carbons (Fsp3) is 0.0909. The second kappa shape index (κ2) is 9.80. The standard InChI is InChI=1S/C22H17F2N3O3S2/c1-14-2-7-18(26-21(28)16-5-3-15(13-25)4-6-16)12-20(14)32(29,30)27-17-8-10-19(11-9-17)31-22(23)24/h2-12,22,27H,1H3,(H,26,28). The van der Waals surface area contributed by atoms with Crippen molar-refractivity contribution in [2.45, 2.75) is 22.5 Å². The number of sulfonamides is 1. The van der Waals surface area contributed by atoms with Crippen molar-refractivity contribution in [3.63, 3.8) is 0 Å². The Morgan fingerprint density at radius 2 is 1.62 bits per heavy atom. The number of nitrogens with one attached hydrogen (secondary N) is 2. The van der Waals surface area contributed by atoms with Gasteiger partial charge >= 0.3 is 0 Å². The third-order valence-corrected chi connectivity index (χ3v) is 6.59. The zero-order valence-corrected chi connectivity index (χ0v) is 18.3. The minimum Gasteiger partial charge on any atom is -0.322 e. The summed E-state index contributed by atoms with van der Waals surface area (Å²) in [4.78, 5) is 12.7. The summed E-state index contributed by atoms with van der Waals surface area (Å²) >= 11 is 0.365. The topological polar surface area (TPSA) is 99.1 Å². The minimum atomic E-state index is -4.00. The second-order valence-electron chi connectivity index (χ2n) is 6.63. The molecule has 0 fully saturated rings. The molecule has 3 rings (SSSR count). The number of hydrogen-bond donors (Lipinski definition) is 2. The molecule has 0 atom stereocenters. The Morgan fingerprint density at radius 1 is 1.00 bits per heavy atom. The normalized spacial score (nSPS) is 11.1. The highest BCUT2D eigenvalue weighted by molar-refractivity contribution is 7.99. The van der Waals surface area contributed by atoms with Gasteiger partial charge in [0.2, 0.25) is 0 Å². The first-order chi connectivity index (χ1) is 15.2. The summed E-state index contributed by atoms with van der Waals surface area (Å²) in [6.45, 7) is 1.61. The fourth-order valence-electron chi connectivity index (χ4n) is 2.78. The van der Waals surface area contributed by atoms with Gasteiger partial charge in [0.1, 0.15) is 0 Å². The molecule has 0 aliphatic rings. The maximum Gasteiger partial charge on any atom is 0.288 e. The molecule has 32 heavy (non-hydrogen) atoms. The van der Waals surface area contributed by atoms with Gasteiger partial charge in [0, 0.05) is 21.8 Å². The Bertz CT molecular complexity index is 1270. The third kappa shape index (κ3) is 5.84. The molecule has 164 valence electrons. The van der Waals surface area contributed by atoms with E-state index < -0.39 is 21.7 Å². The molecule has 0 saturated carbocycles. The highest BCUT2D eigenvalue weighted by Gasteiger charge is 2.19. The van der Waals surface area contributed by atoms with Crippen LogP contribution in [0.4, 0.5) is 20.2 Å². The molecule has 6 nitrogen and oxygen atoms in total. The molecule has 0 saturated heterocycles. The first-order valence-electron chi connectivity index (χ1n) is 9.18. The summed E-state index contributed by atoms with van der Waals surface area (Å²) in [6.07, 6.45) is 0. The van der Waals surface area contributed by atoms with E-state index >= 15 is 0 Å². The van der Waals surface area contributed by atoms with Gasteiger partial charge < -0.3 is 5.32 Å². The predicted molar refractivity (Wildman–Crippen MR) is 119 cm³/mol. The van der Waals surface area contributed by atoms with Gasteiger partial charge in [-0.2, -0.15) is 14.0 Å². The molecular weight excluding hydrogens is 456 g/mol. The Kier molecular flexibility index (Phi) is 7.12. The lowest BCUT2D eigenvalue weighted by Crippen LogP contribution is -2.16. The van der Waals surface area contributed by atoms with Gasteiger partial charge in [-0.15, -0.1) is 0 Å². The van der Waals surface area contributed by atoms with Gasteiger partial charge in [-0.25, -0.2) is 8.42 Å². The van der Waals surface area contributed by atoms with Gasteiger partial charge in [-0.3, -0.25) is 9.52 Å². The minimum absolute atomic E-state index is 0.0406. The lowest BCUT2D eigenvalue weighted by Gasteiger charge is -2.13. The summed E-state index contributed by atoms with van der Waals surface area (Å²) in [5.41, 5.74) is 1.67. The Balaban J connectivity index is 1.79. The molecule has 0 spiro atoms. The number of anilines is 2. The largest absolute Gasteiger partial charge is 0.322 e. The molecule has 0 radical (unpaired) electrons. The van der Waals surface area contributed by atoms with E-state index in [0.29, 0.717) is 33.3 Å². The predicted octanol–water partition coefficient (Wildman–Crippen LogP) is 5.23. The number of hydrogen-bond acceptors (Lipinski definition) is 5. The lowest BCUT2D eigenvalue weighted by molar-refractivity contribution is 0.102. The van der Waals surface area contributed by atoms with Crippen molar-refractivity contribution in [1.82, 2.24) is 0 Å². The molecule has 0 aliphatic heterocycles. The molecule has 0 aliphatic carbocycles. The van der Waals surface area contributed by atoms with E-state index in [0.717, 1.165) is 0 Å². The number of thioether (sulfide) groups is 1. The van der Waals surface area contributed by atoms with Crippen LogP contribution in [0.15, 0.2) is 76.5 Å². The number of carbonyl (C=O) groups excluding carboxylic acids is 1. The number of rotatable bonds is 7. The number of halogens is 2. The smallest absolute Gasteiger partial charge is 0.288 e. The highest BCUT2D eigenvalue weighted by Crippen LogP contribution is 2.28. The number of nitriles is 1. The summed E-state index contributed by atoms with van der Waals surface area (Å²) in [6, 6.07) is 18.0. The zero-order valence-electron chi connectivity index (χ0n) is 16.7.